The molecule has 0 spiro atoms. The van der Waals surface area contributed by atoms with Crippen molar-refractivity contribution in [2.24, 2.45) is 0 Å². The molecule has 0 saturated carbocycles. The van der Waals surface area contributed by atoms with Gasteiger partial charge in [0.1, 0.15) is 12.8 Å². The van der Waals surface area contributed by atoms with Crippen LogP contribution >= 0.6 is 0 Å². The van der Waals surface area contributed by atoms with Gasteiger partial charge in [0.05, 0.1) is 6.10 Å². The first kappa shape index (κ1) is 9.89. The van der Waals surface area contributed by atoms with Gasteiger partial charge in [-0.25, -0.2) is 9.50 Å². The number of halogens is 1. The van der Waals surface area contributed by atoms with Crippen molar-refractivity contribution in [2.75, 3.05) is 26.2 Å². The predicted octanol–water partition coefficient (Wildman–Crippen LogP) is 0.212. The van der Waals surface area contributed by atoms with E-state index in [1.807, 2.05) is 4.90 Å². The first-order valence-electron chi connectivity index (χ1n) is 4.35. The van der Waals surface area contributed by atoms with Gasteiger partial charge in [-0.05, 0) is 12.8 Å². The Labute approximate surface area is 71.8 Å². The lowest BCUT2D eigenvalue weighted by molar-refractivity contribution is 0.0467. The number of aliphatic hydroxyl groups is 1. The zero-order valence-electron chi connectivity index (χ0n) is 7.08. The van der Waals surface area contributed by atoms with E-state index < -0.39 is 12.8 Å². The van der Waals surface area contributed by atoms with Crippen LogP contribution < -0.4 is 0 Å². The molecule has 0 bridgehead atoms. The largest absolute Gasteiger partial charge is 0.393 e. The highest BCUT2D eigenvalue weighted by molar-refractivity contribution is 4.73. The van der Waals surface area contributed by atoms with Crippen LogP contribution in [0.2, 0.25) is 0 Å². The van der Waals surface area contributed by atoms with Crippen LogP contribution in [0.4, 0.5) is 4.39 Å². The van der Waals surface area contributed by atoms with Crippen LogP contribution in [0.5, 0.6) is 0 Å². The SMILES string of the molecule is [O]CC(F)CN1CCC(O)CC1. The second-order valence-corrected chi connectivity index (χ2v) is 3.30. The van der Waals surface area contributed by atoms with Crippen LogP contribution in [0.3, 0.4) is 0 Å². The molecule has 1 N–H and O–H groups in total. The topological polar surface area (TPSA) is 43.4 Å². The van der Waals surface area contributed by atoms with Crippen LogP contribution in [0.15, 0.2) is 0 Å². The van der Waals surface area contributed by atoms with Crippen molar-refractivity contribution in [3.63, 3.8) is 0 Å². The molecule has 1 radical (unpaired) electrons. The number of aliphatic hydroxyl groups excluding tert-OH is 1. The lowest BCUT2D eigenvalue weighted by Gasteiger charge is -2.29. The molecule has 0 aromatic carbocycles. The Morgan fingerprint density at radius 1 is 1.50 bits per heavy atom. The van der Waals surface area contributed by atoms with E-state index in [4.69, 9.17) is 5.11 Å². The molecule has 1 unspecified atom stereocenters. The van der Waals surface area contributed by atoms with Crippen molar-refractivity contribution in [1.29, 1.82) is 0 Å². The molecule has 3 nitrogen and oxygen atoms in total. The van der Waals surface area contributed by atoms with Crippen LogP contribution in [0.25, 0.3) is 0 Å². The normalized spacial score (nSPS) is 24.2. The molecular weight excluding hydrogens is 161 g/mol. The van der Waals surface area contributed by atoms with Crippen molar-refractivity contribution in [2.45, 2.75) is 25.1 Å². The summed E-state index contributed by atoms with van der Waals surface area (Å²) in [5.74, 6) is 0. The summed E-state index contributed by atoms with van der Waals surface area (Å²) in [5.41, 5.74) is 0. The standard InChI is InChI=1S/C8H15FNO2/c9-7(6-11)5-10-3-1-8(12)2-4-10/h7-8,12H,1-6H2. The van der Waals surface area contributed by atoms with Gasteiger partial charge in [-0.1, -0.05) is 0 Å². The Balaban J connectivity index is 2.17. The molecule has 12 heavy (non-hydrogen) atoms. The fraction of sp³-hybridized carbons (Fsp3) is 1.00. The Morgan fingerprint density at radius 2 is 2.08 bits per heavy atom. The maximum Gasteiger partial charge on any atom is 0.139 e. The van der Waals surface area contributed by atoms with Crippen molar-refractivity contribution in [3.8, 4) is 0 Å². The van der Waals surface area contributed by atoms with E-state index in [1.54, 1.807) is 0 Å². The van der Waals surface area contributed by atoms with Gasteiger partial charge in [-0.3, -0.25) is 0 Å². The predicted molar refractivity (Wildman–Crippen MR) is 42.1 cm³/mol. The number of piperidine rings is 1. The molecule has 1 fully saturated rings. The molecule has 4 heteroatoms. The maximum atomic E-state index is 12.6. The molecule has 0 aromatic heterocycles. The smallest absolute Gasteiger partial charge is 0.139 e. The Kier molecular flexibility index (Phi) is 3.91. The molecule has 0 amide bonds. The number of likely N-dealkylation sites (tertiary alicyclic amines) is 1. The van der Waals surface area contributed by atoms with Crippen molar-refractivity contribution in [3.05, 3.63) is 0 Å². The zero-order chi connectivity index (χ0) is 8.97. The second-order valence-electron chi connectivity index (χ2n) is 3.30. The zero-order valence-corrected chi connectivity index (χ0v) is 7.08. The highest BCUT2D eigenvalue weighted by Crippen LogP contribution is 2.10. The molecule has 0 aliphatic carbocycles. The number of alkyl halides is 1. The number of hydrogen-bond donors (Lipinski definition) is 1. The summed E-state index contributed by atoms with van der Waals surface area (Å²) in [7, 11) is 0. The minimum atomic E-state index is -1.25. The summed E-state index contributed by atoms with van der Waals surface area (Å²) in [6, 6.07) is 0. The van der Waals surface area contributed by atoms with E-state index in [2.05, 4.69) is 0 Å². The fourth-order valence-electron chi connectivity index (χ4n) is 1.43. The van der Waals surface area contributed by atoms with E-state index in [1.165, 1.54) is 0 Å². The van der Waals surface area contributed by atoms with Gasteiger partial charge in [0, 0.05) is 19.6 Å². The van der Waals surface area contributed by atoms with E-state index in [-0.39, 0.29) is 12.6 Å². The first-order chi connectivity index (χ1) is 5.72. The van der Waals surface area contributed by atoms with Gasteiger partial charge in [0.25, 0.3) is 0 Å². The highest BCUT2D eigenvalue weighted by atomic mass is 19.1. The molecule has 71 valence electrons. The third-order valence-corrected chi connectivity index (χ3v) is 2.19. The third-order valence-electron chi connectivity index (χ3n) is 2.19. The average molecular weight is 176 g/mol. The summed E-state index contributed by atoms with van der Waals surface area (Å²) in [6.45, 7) is 0.998. The average Bonchev–Trinajstić information content (AvgIpc) is 2.09. The van der Waals surface area contributed by atoms with Gasteiger partial charge in [-0.2, -0.15) is 0 Å². The third kappa shape index (κ3) is 3.05. The van der Waals surface area contributed by atoms with Crippen molar-refractivity contribution >= 4 is 0 Å². The first-order valence-corrected chi connectivity index (χ1v) is 4.35. The van der Waals surface area contributed by atoms with Crippen molar-refractivity contribution in [1.82, 2.24) is 4.90 Å². The van der Waals surface area contributed by atoms with Crippen LogP contribution in [-0.4, -0.2) is 48.5 Å². The molecule has 1 atom stereocenters. The quantitative estimate of drug-likeness (QED) is 0.668. The summed E-state index contributed by atoms with van der Waals surface area (Å²) in [6.07, 6.45) is -0.0799. The number of hydrogen-bond acceptors (Lipinski definition) is 2. The van der Waals surface area contributed by atoms with Crippen LogP contribution in [0.1, 0.15) is 12.8 Å². The Morgan fingerprint density at radius 3 is 2.58 bits per heavy atom. The van der Waals surface area contributed by atoms with Crippen molar-refractivity contribution < 1.29 is 14.6 Å². The Hall–Kier alpha value is -0.190. The Bertz CT molecular complexity index is 126. The molecule has 1 saturated heterocycles. The van der Waals surface area contributed by atoms with E-state index in [0.29, 0.717) is 25.9 Å². The van der Waals surface area contributed by atoms with Crippen LogP contribution in [-0.2, 0) is 5.11 Å². The lowest BCUT2D eigenvalue weighted by atomic mass is 10.1. The van der Waals surface area contributed by atoms with Gasteiger partial charge in [0.2, 0.25) is 0 Å². The van der Waals surface area contributed by atoms with Gasteiger partial charge in [0.15, 0.2) is 0 Å². The molecule has 1 aliphatic heterocycles. The maximum absolute atomic E-state index is 12.6. The monoisotopic (exact) mass is 176 g/mol. The number of rotatable bonds is 3. The number of nitrogens with zero attached hydrogens (tertiary/aromatic N) is 1. The molecule has 0 aromatic rings. The summed E-state index contributed by atoms with van der Waals surface area (Å²) in [5, 5.41) is 19.3. The minimum absolute atomic E-state index is 0.230. The second kappa shape index (κ2) is 4.74. The summed E-state index contributed by atoms with van der Waals surface area (Å²) < 4.78 is 12.6. The molecular formula is C8H15FNO2. The summed E-state index contributed by atoms with van der Waals surface area (Å²) in [4.78, 5) is 1.90. The molecule has 1 aliphatic rings. The van der Waals surface area contributed by atoms with Gasteiger partial charge >= 0.3 is 0 Å². The van der Waals surface area contributed by atoms with Crippen LogP contribution in [0, 0.1) is 0 Å². The van der Waals surface area contributed by atoms with Gasteiger partial charge in [-0.15, -0.1) is 0 Å². The molecule has 1 rings (SSSR count). The minimum Gasteiger partial charge on any atom is -0.393 e. The van der Waals surface area contributed by atoms with E-state index in [9.17, 15) is 9.50 Å². The molecule has 1 heterocycles. The highest BCUT2D eigenvalue weighted by Gasteiger charge is 2.19. The fourth-order valence-corrected chi connectivity index (χ4v) is 1.43. The van der Waals surface area contributed by atoms with E-state index in [0.717, 1.165) is 0 Å². The van der Waals surface area contributed by atoms with E-state index >= 15 is 0 Å². The van der Waals surface area contributed by atoms with Gasteiger partial charge < -0.3 is 10.0 Å². The summed E-state index contributed by atoms with van der Waals surface area (Å²) >= 11 is 0. The lowest BCUT2D eigenvalue weighted by Crippen LogP contribution is -2.40.